The molecule has 0 atom stereocenters. The molecule has 0 saturated carbocycles. The molecule has 5 nitrogen and oxygen atoms in total. The second-order valence-electron chi connectivity index (χ2n) is 18.7. The van der Waals surface area contributed by atoms with Gasteiger partial charge in [-0.05, 0) is 93.2 Å². The van der Waals surface area contributed by atoms with Crippen molar-refractivity contribution < 1.29 is 4.74 Å². The van der Waals surface area contributed by atoms with Crippen molar-refractivity contribution in [3.8, 4) is 17.3 Å². The van der Waals surface area contributed by atoms with Gasteiger partial charge in [0, 0.05) is 52.1 Å². The van der Waals surface area contributed by atoms with E-state index < -0.39 is 0 Å². The molecule has 8 aromatic rings. The number of ether oxygens (including phenoxy) is 1. The molecule has 0 saturated heterocycles. The number of fused-ring (bicyclic) bond motifs is 3. The zero-order chi connectivity index (χ0) is 41.8. The van der Waals surface area contributed by atoms with Gasteiger partial charge in [0.1, 0.15) is 17.3 Å². The maximum atomic E-state index is 6.96. The fraction of sp³-hybridized carbons (Fsp3) is 0.218. The quantitative estimate of drug-likeness (QED) is 0.154. The second-order valence-corrected chi connectivity index (χ2v) is 18.7. The van der Waals surface area contributed by atoms with Crippen LogP contribution < -0.4 is 14.5 Å². The highest BCUT2D eigenvalue weighted by Crippen LogP contribution is 2.42. The van der Waals surface area contributed by atoms with Gasteiger partial charge >= 0.3 is 0 Å². The largest absolute Gasteiger partial charge is 0.457 e. The Labute approximate surface area is 355 Å². The third-order valence-electron chi connectivity index (χ3n) is 12.1. The van der Waals surface area contributed by atoms with E-state index in [1.807, 2.05) is 6.20 Å². The lowest BCUT2D eigenvalue weighted by Gasteiger charge is -2.28. The first-order valence-electron chi connectivity index (χ1n) is 21.1. The number of hydrogen-bond donors (Lipinski definition) is 0. The number of rotatable bonds is 8. The van der Waals surface area contributed by atoms with Gasteiger partial charge in [-0.2, -0.15) is 0 Å². The molecule has 3 heterocycles. The van der Waals surface area contributed by atoms with E-state index in [2.05, 4.69) is 234 Å². The Hall–Kier alpha value is -6.59. The molecule has 2 aromatic heterocycles. The van der Waals surface area contributed by atoms with Gasteiger partial charge in [0.05, 0.1) is 23.4 Å². The van der Waals surface area contributed by atoms with Crippen LogP contribution in [0.2, 0.25) is 0 Å². The van der Waals surface area contributed by atoms with Crippen molar-refractivity contribution in [2.24, 2.45) is 0 Å². The Morgan fingerprint density at radius 3 is 1.92 bits per heavy atom. The van der Waals surface area contributed by atoms with Gasteiger partial charge in [0.25, 0.3) is 0 Å². The summed E-state index contributed by atoms with van der Waals surface area (Å²) in [6.07, 6.45) is 4.23. The summed E-state index contributed by atoms with van der Waals surface area (Å²) in [5.41, 5.74) is 11.4. The molecular formula is C55H54N4O. The predicted octanol–water partition coefficient (Wildman–Crippen LogP) is 14.2. The minimum atomic E-state index is -0.208. The highest BCUT2D eigenvalue weighted by molar-refractivity contribution is 6.09. The molecule has 1 aliphatic heterocycles. The van der Waals surface area contributed by atoms with E-state index in [0.717, 1.165) is 45.1 Å². The van der Waals surface area contributed by atoms with Gasteiger partial charge in [-0.15, -0.1) is 0 Å². The van der Waals surface area contributed by atoms with Crippen molar-refractivity contribution >= 4 is 38.9 Å². The molecule has 0 bridgehead atoms. The van der Waals surface area contributed by atoms with Gasteiger partial charge in [0.2, 0.25) is 0 Å². The van der Waals surface area contributed by atoms with Gasteiger partial charge in [-0.25, -0.2) is 4.98 Å². The number of benzene rings is 6. The number of aromatic nitrogens is 2. The number of pyridine rings is 1. The molecule has 0 aliphatic carbocycles. The Kier molecular flexibility index (Phi) is 9.66. The summed E-state index contributed by atoms with van der Waals surface area (Å²) in [6.45, 7) is 18.8. The van der Waals surface area contributed by atoms with Crippen LogP contribution in [0.1, 0.15) is 83.2 Å². The van der Waals surface area contributed by atoms with E-state index in [9.17, 15) is 0 Å². The molecular weight excluding hydrogens is 733 g/mol. The molecule has 1 aliphatic rings. The molecule has 0 radical (unpaired) electrons. The highest BCUT2D eigenvalue weighted by atomic mass is 16.5. The third kappa shape index (κ3) is 7.34. The Morgan fingerprint density at radius 2 is 1.17 bits per heavy atom. The minimum absolute atomic E-state index is 0.0475. The summed E-state index contributed by atoms with van der Waals surface area (Å²) in [4.78, 5) is 9.76. The summed E-state index contributed by atoms with van der Waals surface area (Å²) in [5, 5.41) is 2.33. The maximum Gasteiger partial charge on any atom is 0.137 e. The van der Waals surface area contributed by atoms with Crippen LogP contribution >= 0.6 is 0 Å². The average molecular weight is 787 g/mol. The fourth-order valence-corrected chi connectivity index (χ4v) is 8.43. The van der Waals surface area contributed by atoms with Crippen LogP contribution in [0.25, 0.3) is 33.3 Å². The molecule has 0 unspecified atom stereocenters. The monoisotopic (exact) mass is 786 g/mol. The Bertz CT molecular complexity index is 2870. The van der Waals surface area contributed by atoms with E-state index in [1.54, 1.807) is 0 Å². The highest BCUT2D eigenvalue weighted by Gasteiger charge is 2.28. The van der Waals surface area contributed by atoms with Crippen LogP contribution in [0, 0.1) is 0 Å². The molecule has 0 spiro atoms. The first kappa shape index (κ1) is 38.9. The van der Waals surface area contributed by atoms with Crippen LogP contribution in [0.4, 0.5) is 11.4 Å². The van der Waals surface area contributed by atoms with Gasteiger partial charge in [0.15, 0.2) is 0 Å². The predicted molar refractivity (Wildman–Crippen MR) is 252 cm³/mol. The Morgan fingerprint density at radius 1 is 0.500 bits per heavy atom. The first-order chi connectivity index (χ1) is 28.7. The van der Waals surface area contributed by atoms with Gasteiger partial charge in [-0.3, -0.25) is 4.57 Å². The summed E-state index contributed by atoms with van der Waals surface area (Å²) < 4.78 is 9.24. The summed E-state index contributed by atoms with van der Waals surface area (Å²) in [6, 6.07) is 56.5. The Balaban J connectivity index is 1.12. The second kappa shape index (κ2) is 14.9. The number of anilines is 2. The van der Waals surface area contributed by atoms with Crippen molar-refractivity contribution in [3.63, 3.8) is 0 Å². The van der Waals surface area contributed by atoms with Crippen LogP contribution in [0.3, 0.4) is 0 Å². The molecule has 0 fully saturated rings. The van der Waals surface area contributed by atoms with Gasteiger partial charge in [-0.1, -0.05) is 146 Å². The summed E-state index contributed by atoms with van der Waals surface area (Å²) >= 11 is 0. The topological polar surface area (TPSA) is 33.5 Å². The molecule has 9 rings (SSSR count). The van der Waals surface area contributed by atoms with Crippen molar-refractivity contribution in [1.29, 1.82) is 0 Å². The summed E-state index contributed by atoms with van der Waals surface area (Å²) in [5.74, 6) is 2.44. The first-order valence-corrected chi connectivity index (χ1v) is 21.1. The van der Waals surface area contributed by atoms with Crippen molar-refractivity contribution in [2.75, 3.05) is 16.5 Å². The molecule has 5 heteroatoms. The van der Waals surface area contributed by atoms with Crippen LogP contribution in [-0.2, 0) is 16.2 Å². The minimum Gasteiger partial charge on any atom is -0.457 e. The van der Waals surface area contributed by atoms with Crippen molar-refractivity contribution in [3.05, 3.63) is 198 Å². The average Bonchev–Trinajstić information content (AvgIpc) is 3.84. The van der Waals surface area contributed by atoms with E-state index >= 15 is 0 Å². The maximum absolute atomic E-state index is 6.96. The standard InChI is InChI=1S/C55H54N4O/c1-53(2,3)40-22-17-23-43(30-40)57-36-51(38-18-11-9-12-19-38)58(37-57)44-31-42(54(4,5)6)32-46(34-44)60-45-26-27-48-47-24-15-16-25-49(47)59(50(48)35-45)52-33-41(28-29-56-52)55(7,8)39-20-13-10-14-21-39/h9-36H,37H2,1-8H3. The van der Waals surface area contributed by atoms with Gasteiger partial charge < -0.3 is 14.5 Å². The lowest BCUT2D eigenvalue weighted by Crippen LogP contribution is -2.27. The number of hydrogen-bond acceptors (Lipinski definition) is 4. The van der Waals surface area contributed by atoms with Crippen molar-refractivity contribution in [1.82, 2.24) is 9.55 Å². The lowest BCUT2D eigenvalue weighted by molar-refractivity contribution is 0.479. The van der Waals surface area contributed by atoms with E-state index in [1.165, 1.54) is 38.9 Å². The fourth-order valence-electron chi connectivity index (χ4n) is 8.43. The van der Waals surface area contributed by atoms with Crippen LogP contribution in [0.15, 0.2) is 170 Å². The molecule has 0 amide bonds. The van der Waals surface area contributed by atoms with Crippen LogP contribution in [-0.4, -0.2) is 16.2 Å². The molecule has 6 aromatic carbocycles. The zero-order valence-electron chi connectivity index (χ0n) is 36.1. The summed E-state index contributed by atoms with van der Waals surface area (Å²) in [7, 11) is 0. The zero-order valence-corrected chi connectivity index (χ0v) is 36.1. The van der Waals surface area contributed by atoms with Crippen molar-refractivity contribution in [2.45, 2.75) is 71.6 Å². The molecule has 300 valence electrons. The smallest absolute Gasteiger partial charge is 0.137 e. The van der Waals surface area contributed by atoms with E-state index in [4.69, 9.17) is 9.72 Å². The van der Waals surface area contributed by atoms with E-state index in [-0.39, 0.29) is 16.2 Å². The normalized spacial score (nSPS) is 13.6. The number of para-hydroxylation sites is 1. The van der Waals surface area contributed by atoms with Crippen LogP contribution in [0.5, 0.6) is 11.5 Å². The third-order valence-corrected chi connectivity index (χ3v) is 12.1. The lowest BCUT2D eigenvalue weighted by atomic mass is 9.78. The molecule has 60 heavy (non-hydrogen) atoms. The molecule has 0 N–H and O–H groups in total. The number of nitrogens with zero attached hydrogens (tertiary/aromatic N) is 4. The SMILES string of the molecule is CC(C)(C)c1cccc(N2C=C(c3ccccc3)N(c3cc(Oc4ccc5c6ccccc6n(-c6cc(C(C)(C)c7ccccc7)ccn6)c5c4)cc(C(C)(C)C)c3)C2)c1. The van der Waals surface area contributed by atoms with E-state index in [0.29, 0.717) is 6.67 Å².